The van der Waals surface area contributed by atoms with Crippen LogP contribution in [0.15, 0.2) is 12.1 Å². The van der Waals surface area contributed by atoms with E-state index < -0.39 is 0 Å². The molecule has 2 aliphatic rings. The number of ether oxygens (including phenoxy) is 2. The maximum Gasteiger partial charge on any atom is 0.231 e. The lowest BCUT2D eigenvalue weighted by Crippen LogP contribution is -2.27. The molecule has 1 atom stereocenters. The van der Waals surface area contributed by atoms with E-state index >= 15 is 0 Å². The number of hydrogen-bond acceptors (Lipinski definition) is 3. The van der Waals surface area contributed by atoms with Gasteiger partial charge in [-0.1, -0.05) is 11.6 Å². The Morgan fingerprint density at radius 1 is 1.41 bits per heavy atom. The number of halogens is 1. The molecule has 2 aliphatic heterocycles. The Bertz CT molecular complexity index is 475. The van der Waals surface area contributed by atoms with Crippen LogP contribution in [-0.2, 0) is 11.2 Å². The fourth-order valence-corrected chi connectivity index (χ4v) is 2.54. The fourth-order valence-electron chi connectivity index (χ4n) is 2.25. The van der Waals surface area contributed by atoms with Crippen molar-refractivity contribution in [3.8, 4) is 11.5 Å². The number of carbonyl (C=O) groups is 1. The molecule has 1 amide bonds. The summed E-state index contributed by atoms with van der Waals surface area (Å²) in [7, 11) is 0. The summed E-state index contributed by atoms with van der Waals surface area (Å²) in [5.41, 5.74) is 1.06. The van der Waals surface area contributed by atoms with Crippen LogP contribution >= 0.6 is 11.6 Å². The molecule has 17 heavy (non-hydrogen) atoms. The van der Waals surface area contributed by atoms with Crippen molar-refractivity contribution in [1.82, 2.24) is 5.32 Å². The van der Waals surface area contributed by atoms with Gasteiger partial charge in [-0.25, -0.2) is 0 Å². The number of hydrogen-bond donors (Lipinski definition) is 1. The molecule has 1 aromatic carbocycles. The summed E-state index contributed by atoms with van der Waals surface area (Å²) >= 11 is 6.10. The van der Waals surface area contributed by atoms with Crippen LogP contribution in [0.2, 0.25) is 5.02 Å². The van der Waals surface area contributed by atoms with Gasteiger partial charge in [0.05, 0.1) is 5.02 Å². The lowest BCUT2D eigenvalue weighted by molar-refractivity contribution is -0.119. The monoisotopic (exact) mass is 253 g/mol. The van der Waals surface area contributed by atoms with Crippen molar-refractivity contribution >= 4 is 17.5 Å². The molecule has 5 heteroatoms. The predicted molar refractivity (Wildman–Crippen MR) is 62.4 cm³/mol. The third-order valence-electron chi connectivity index (χ3n) is 3.05. The number of amides is 1. The van der Waals surface area contributed by atoms with Crippen molar-refractivity contribution in [1.29, 1.82) is 0 Å². The lowest BCUT2D eigenvalue weighted by atomic mass is 10.0. The standard InChI is InChI=1S/C12H12ClNO3/c13-9-4-7(3-8-1-2-11(15)14-8)5-10-12(9)17-6-16-10/h4-5,8H,1-3,6H2,(H,14,15). The van der Waals surface area contributed by atoms with Gasteiger partial charge in [0.25, 0.3) is 0 Å². The molecule has 1 saturated heterocycles. The Kier molecular flexibility index (Phi) is 2.59. The molecule has 90 valence electrons. The lowest BCUT2D eigenvalue weighted by Gasteiger charge is -2.11. The van der Waals surface area contributed by atoms with Gasteiger partial charge in [0.1, 0.15) is 0 Å². The summed E-state index contributed by atoms with van der Waals surface area (Å²) in [6.45, 7) is 0.221. The van der Waals surface area contributed by atoms with Gasteiger partial charge >= 0.3 is 0 Å². The van der Waals surface area contributed by atoms with Crippen molar-refractivity contribution in [2.45, 2.75) is 25.3 Å². The minimum absolute atomic E-state index is 0.127. The summed E-state index contributed by atoms with van der Waals surface area (Å²) in [4.78, 5) is 11.1. The molecule has 0 radical (unpaired) electrons. The van der Waals surface area contributed by atoms with Gasteiger partial charge in [0, 0.05) is 12.5 Å². The summed E-state index contributed by atoms with van der Waals surface area (Å²) in [5.74, 6) is 1.43. The summed E-state index contributed by atoms with van der Waals surface area (Å²) in [5, 5.41) is 3.50. The number of carbonyl (C=O) groups excluding carboxylic acids is 1. The zero-order valence-electron chi connectivity index (χ0n) is 9.16. The van der Waals surface area contributed by atoms with Crippen LogP contribution in [0, 0.1) is 0 Å². The smallest absolute Gasteiger partial charge is 0.231 e. The normalized spacial score (nSPS) is 21.7. The van der Waals surface area contributed by atoms with Gasteiger partial charge in [-0.2, -0.15) is 0 Å². The number of nitrogens with one attached hydrogen (secondary N) is 1. The van der Waals surface area contributed by atoms with E-state index in [2.05, 4.69) is 5.32 Å². The van der Waals surface area contributed by atoms with E-state index in [0.29, 0.717) is 22.9 Å². The Labute approximate surface area is 104 Å². The Morgan fingerprint density at radius 3 is 3.06 bits per heavy atom. The molecule has 0 spiro atoms. The molecule has 2 heterocycles. The topological polar surface area (TPSA) is 47.6 Å². The first kappa shape index (κ1) is 10.7. The first-order valence-corrected chi connectivity index (χ1v) is 5.97. The second-order valence-corrected chi connectivity index (χ2v) is 4.73. The molecule has 1 fully saturated rings. The van der Waals surface area contributed by atoms with Crippen molar-refractivity contribution < 1.29 is 14.3 Å². The van der Waals surface area contributed by atoms with Crippen LogP contribution in [0.1, 0.15) is 18.4 Å². The van der Waals surface area contributed by atoms with Gasteiger partial charge < -0.3 is 14.8 Å². The van der Waals surface area contributed by atoms with Crippen LogP contribution in [0.5, 0.6) is 11.5 Å². The van der Waals surface area contributed by atoms with Crippen molar-refractivity contribution in [2.75, 3.05) is 6.79 Å². The van der Waals surface area contributed by atoms with Crippen molar-refractivity contribution in [2.24, 2.45) is 0 Å². The molecule has 1 N–H and O–H groups in total. The molecule has 3 rings (SSSR count). The average Bonchev–Trinajstić information content (AvgIpc) is 2.87. The highest BCUT2D eigenvalue weighted by Crippen LogP contribution is 2.40. The van der Waals surface area contributed by atoms with E-state index in [9.17, 15) is 4.79 Å². The molecule has 0 aliphatic carbocycles. The summed E-state index contributed by atoms with van der Waals surface area (Å²) in [6.07, 6.45) is 2.27. The highest BCUT2D eigenvalue weighted by Gasteiger charge is 2.23. The largest absolute Gasteiger partial charge is 0.454 e. The maximum absolute atomic E-state index is 11.1. The van der Waals surface area contributed by atoms with Gasteiger partial charge in [-0.15, -0.1) is 0 Å². The van der Waals surface area contributed by atoms with Crippen LogP contribution in [0.3, 0.4) is 0 Å². The average molecular weight is 254 g/mol. The van der Waals surface area contributed by atoms with Crippen molar-refractivity contribution in [3.05, 3.63) is 22.7 Å². The second kappa shape index (κ2) is 4.11. The third kappa shape index (κ3) is 2.05. The van der Waals surface area contributed by atoms with Crippen LogP contribution < -0.4 is 14.8 Å². The Hall–Kier alpha value is -1.42. The van der Waals surface area contributed by atoms with Gasteiger partial charge in [-0.05, 0) is 30.5 Å². The fraction of sp³-hybridized carbons (Fsp3) is 0.417. The summed E-state index contributed by atoms with van der Waals surface area (Å²) < 4.78 is 10.6. The SMILES string of the molecule is O=C1CCC(Cc2cc(Cl)c3c(c2)OCO3)N1. The van der Waals surface area contributed by atoms with E-state index in [1.54, 1.807) is 0 Å². The zero-order valence-corrected chi connectivity index (χ0v) is 9.92. The Morgan fingerprint density at radius 2 is 2.29 bits per heavy atom. The molecule has 0 aromatic heterocycles. The van der Waals surface area contributed by atoms with E-state index in [-0.39, 0.29) is 18.7 Å². The first-order valence-electron chi connectivity index (χ1n) is 5.60. The van der Waals surface area contributed by atoms with E-state index in [1.165, 1.54) is 0 Å². The second-order valence-electron chi connectivity index (χ2n) is 4.32. The number of fused-ring (bicyclic) bond motifs is 1. The van der Waals surface area contributed by atoms with Gasteiger partial charge in [0.2, 0.25) is 12.7 Å². The van der Waals surface area contributed by atoms with Crippen molar-refractivity contribution in [3.63, 3.8) is 0 Å². The van der Waals surface area contributed by atoms with Crippen LogP contribution in [0.25, 0.3) is 0 Å². The summed E-state index contributed by atoms with van der Waals surface area (Å²) in [6, 6.07) is 4.01. The maximum atomic E-state index is 11.1. The van der Waals surface area contributed by atoms with E-state index in [4.69, 9.17) is 21.1 Å². The minimum atomic E-state index is 0.127. The zero-order chi connectivity index (χ0) is 11.8. The van der Waals surface area contributed by atoms with Crippen LogP contribution in [0.4, 0.5) is 0 Å². The molecule has 4 nitrogen and oxygen atoms in total. The number of benzene rings is 1. The van der Waals surface area contributed by atoms with E-state index in [0.717, 1.165) is 18.4 Å². The molecule has 1 aromatic rings. The van der Waals surface area contributed by atoms with Gasteiger partial charge in [0.15, 0.2) is 11.5 Å². The number of rotatable bonds is 2. The van der Waals surface area contributed by atoms with Gasteiger partial charge in [-0.3, -0.25) is 4.79 Å². The molecular weight excluding hydrogens is 242 g/mol. The first-order chi connectivity index (χ1) is 8.22. The molecule has 0 bridgehead atoms. The predicted octanol–water partition coefficient (Wildman–Crippen LogP) is 1.89. The van der Waals surface area contributed by atoms with Crippen LogP contribution in [-0.4, -0.2) is 18.7 Å². The van der Waals surface area contributed by atoms with E-state index in [1.807, 2.05) is 12.1 Å². The molecule has 1 unspecified atom stereocenters. The molecule has 0 saturated carbocycles. The quantitative estimate of drug-likeness (QED) is 0.876. The minimum Gasteiger partial charge on any atom is -0.454 e. The highest BCUT2D eigenvalue weighted by molar-refractivity contribution is 6.32. The molecular formula is C12H12ClNO3. The Balaban J connectivity index is 1.80. The third-order valence-corrected chi connectivity index (χ3v) is 3.33. The highest BCUT2D eigenvalue weighted by atomic mass is 35.5.